The summed E-state index contributed by atoms with van der Waals surface area (Å²) in [5, 5.41) is 3.60. The van der Waals surface area contributed by atoms with Crippen molar-refractivity contribution >= 4 is 0 Å². The SMILES string of the molecule is CCCC1CC(NCCOCC2CC2)CCO1. The molecule has 0 aromatic rings. The highest BCUT2D eigenvalue weighted by Crippen LogP contribution is 2.28. The second-order valence-corrected chi connectivity index (χ2v) is 5.48. The van der Waals surface area contributed by atoms with Gasteiger partial charge in [-0.3, -0.25) is 0 Å². The molecule has 3 nitrogen and oxygen atoms in total. The number of hydrogen-bond acceptors (Lipinski definition) is 3. The fourth-order valence-electron chi connectivity index (χ4n) is 2.46. The Morgan fingerprint density at radius 2 is 2.18 bits per heavy atom. The van der Waals surface area contributed by atoms with Crippen LogP contribution in [0.5, 0.6) is 0 Å². The lowest BCUT2D eigenvalue weighted by molar-refractivity contribution is -0.00446. The molecule has 0 amide bonds. The zero-order valence-electron chi connectivity index (χ0n) is 11.1. The summed E-state index contributed by atoms with van der Waals surface area (Å²) in [4.78, 5) is 0. The van der Waals surface area contributed by atoms with Crippen LogP contribution in [0.15, 0.2) is 0 Å². The van der Waals surface area contributed by atoms with E-state index in [2.05, 4.69) is 12.2 Å². The molecule has 1 aliphatic heterocycles. The quantitative estimate of drug-likeness (QED) is 0.662. The topological polar surface area (TPSA) is 30.5 Å². The molecule has 1 N–H and O–H groups in total. The van der Waals surface area contributed by atoms with Crippen LogP contribution < -0.4 is 5.32 Å². The van der Waals surface area contributed by atoms with Gasteiger partial charge in [-0.25, -0.2) is 0 Å². The lowest BCUT2D eigenvalue weighted by Crippen LogP contribution is -2.40. The van der Waals surface area contributed by atoms with Gasteiger partial charge in [0.1, 0.15) is 0 Å². The van der Waals surface area contributed by atoms with Crippen LogP contribution in [0.4, 0.5) is 0 Å². The van der Waals surface area contributed by atoms with Crippen LogP contribution in [0.1, 0.15) is 45.4 Å². The molecular weight excluding hydrogens is 214 g/mol. The van der Waals surface area contributed by atoms with Gasteiger partial charge in [0.05, 0.1) is 12.7 Å². The van der Waals surface area contributed by atoms with Crippen molar-refractivity contribution in [1.82, 2.24) is 5.32 Å². The summed E-state index contributed by atoms with van der Waals surface area (Å²) in [6, 6.07) is 0.643. The summed E-state index contributed by atoms with van der Waals surface area (Å²) in [5.74, 6) is 0.881. The maximum atomic E-state index is 5.74. The summed E-state index contributed by atoms with van der Waals surface area (Å²) in [6.07, 6.45) is 8.01. The van der Waals surface area contributed by atoms with Crippen LogP contribution >= 0.6 is 0 Å². The highest BCUT2D eigenvalue weighted by Gasteiger charge is 2.22. The number of ether oxygens (including phenoxy) is 2. The first-order valence-electron chi connectivity index (χ1n) is 7.31. The Kier molecular flexibility index (Phi) is 5.75. The average Bonchev–Trinajstić information content (AvgIpc) is 3.14. The van der Waals surface area contributed by atoms with Gasteiger partial charge in [-0.05, 0) is 38.0 Å². The molecule has 1 saturated heterocycles. The maximum Gasteiger partial charge on any atom is 0.0591 e. The highest BCUT2D eigenvalue weighted by molar-refractivity contribution is 4.76. The molecule has 1 heterocycles. The van der Waals surface area contributed by atoms with Crippen LogP contribution in [0.2, 0.25) is 0 Å². The minimum atomic E-state index is 0.485. The molecule has 0 aromatic heterocycles. The second kappa shape index (κ2) is 7.34. The van der Waals surface area contributed by atoms with E-state index in [-0.39, 0.29) is 0 Å². The monoisotopic (exact) mass is 241 g/mol. The van der Waals surface area contributed by atoms with E-state index < -0.39 is 0 Å². The van der Waals surface area contributed by atoms with Crippen molar-refractivity contribution in [2.75, 3.05) is 26.4 Å². The van der Waals surface area contributed by atoms with E-state index in [1.807, 2.05) is 0 Å². The van der Waals surface area contributed by atoms with E-state index in [9.17, 15) is 0 Å². The van der Waals surface area contributed by atoms with E-state index in [1.165, 1.54) is 32.1 Å². The molecule has 0 radical (unpaired) electrons. The van der Waals surface area contributed by atoms with Gasteiger partial charge >= 0.3 is 0 Å². The predicted molar refractivity (Wildman–Crippen MR) is 69.2 cm³/mol. The van der Waals surface area contributed by atoms with Crippen molar-refractivity contribution in [3.05, 3.63) is 0 Å². The lowest BCUT2D eigenvalue weighted by atomic mass is 10.0. The molecule has 0 aromatic carbocycles. The summed E-state index contributed by atoms with van der Waals surface area (Å²) in [7, 11) is 0. The Labute approximate surface area is 105 Å². The minimum Gasteiger partial charge on any atom is -0.380 e. The third-order valence-electron chi connectivity index (χ3n) is 3.71. The Morgan fingerprint density at radius 1 is 1.29 bits per heavy atom. The summed E-state index contributed by atoms with van der Waals surface area (Å²) >= 11 is 0. The van der Waals surface area contributed by atoms with Crippen molar-refractivity contribution in [1.29, 1.82) is 0 Å². The van der Waals surface area contributed by atoms with Crippen LogP contribution in [-0.2, 0) is 9.47 Å². The van der Waals surface area contributed by atoms with Crippen LogP contribution in [-0.4, -0.2) is 38.5 Å². The van der Waals surface area contributed by atoms with E-state index >= 15 is 0 Å². The van der Waals surface area contributed by atoms with Crippen molar-refractivity contribution < 1.29 is 9.47 Å². The van der Waals surface area contributed by atoms with Gasteiger partial charge < -0.3 is 14.8 Å². The van der Waals surface area contributed by atoms with Gasteiger partial charge in [0, 0.05) is 25.8 Å². The third kappa shape index (κ3) is 5.36. The fraction of sp³-hybridized carbons (Fsp3) is 1.00. The Bertz CT molecular complexity index is 204. The lowest BCUT2D eigenvalue weighted by Gasteiger charge is -2.30. The molecule has 0 bridgehead atoms. The number of hydrogen-bond donors (Lipinski definition) is 1. The molecular formula is C14H27NO2. The van der Waals surface area contributed by atoms with Crippen molar-refractivity contribution in [3.63, 3.8) is 0 Å². The molecule has 1 saturated carbocycles. The van der Waals surface area contributed by atoms with Gasteiger partial charge in [-0.1, -0.05) is 13.3 Å². The van der Waals surface area contributed by atoms with Gasteiger partial charge in [-0.2, -0.15) is 0 Å². The van der Waals surface area contributed by atoms with E-state index in [4.69, 9.17) is 9.47 Å². The first-order chi connectivity index (χ1) is 8.38. The van der Waals surface area contributed by atoms with E-state index in [1.54, 1.807) is 0 Å². The van der Waals surface area contributed by atoms with Crippen LogP contribution in [0, 0.1) is 5.92 Å². The first-order valence-corrected chi connectivity index (χ1v) is 7.31. The van der Waals surface area contributed by atoms with Gasteiger partial charge in [0.25, 0.3) is 0 Å². The Hall–Kier alpha value is -0.120. The van der Waals surface area contributed by atoms with Crippen LogP contribution in [0.25, 0.3) is 0 Å². The normalized spacial score (nSPS) is 29.5. The van der Waals surface area contributed by atoms with Gasteiger partial charge in [0.15, 0.2) is 0 Å². The minimum absolute atomic E-state index is 0.485. The molecule has 2 fully saturated rings. The van der Waals surface area contributed by atoms with Gasteiger partial charge in [-0.15, -0.1) is 0 Å². The molecule has 2 atom stereocenters. The fourth-order valence-corrected chi connectivity index (χ4v) is 2.46. The van der Waals surface area contributed by atoms with E-state index in [0.717, 1.165) is 38.7 Å². The Morgan fingerprint density at radius 3 is 2.94 bits per heavy atom. The van der Waals surface area contributed by atoms with E-state index in [0.29, 0.717) is 12.1 Å². The standard InChI is InChI=1S/C14H27NO2/c1-2-3-14-10-13(6-8-17-14)15-7-9-16-11-12-4-5-12/h12-15H,2-11H2,1H3. The summed E-state index contributed by atoms with van der Waals surface area (Å²) < 4.78 is 11.4. The largest absolute Gasteiger partial charge is 0.380 e. The van der Waals surface area contributed by atoms with Crippen molar-refractivity contribution in [2.45, 2.75) is 57.6 Å². The van der Waals surface area contributed by atoms with Crippen molar-refractivity contribution in [2.24, 2.45) is 5.92 Å². The van der Waals surface area contributed by atoms with Crippen LogP contribution in [0.3, 0.4) is 0 Å². The molecule has 1 aliphatic carbocycles. The molecule has 0 spiro atoms. The number of rotatable bonds is 8. The first kappa shape index (κ1) is 13.3. The zero-order valence-corrected chi connectivity index (χ0v) is 11.1. The summed E-state index contributed by atoms with van der Waals surface area (Å²) in [5.41, 5.74) is 0. The highest BCUT2D eigenvalue weighted by atomic mass is 16.5. The smallest absolute Gasteiger partial charge is 0.0591 e. The number of nitrogens with one attached hydrogen (secondary N) is 1. The second-order valence-electron chi connectivity index (χ2n) is 5.48. The third-order valence-corrected chi connectivity index (χ3v) is 3.71. The van der Waals surface area contributed by atoms with Crippen molar-refractivity contribution in [3.8, 4) is 0 Å². The van der Waals surface area contributed by atoms with Gasteiger partial charge in [0.2, 0.25) is 0 Å². The molecule has 2 rings (SSSR count). The molecule has 2 aliphatic rings. The molecule has 100 valence electrons. The molecule has 3 heteroatoms. The Balaban J connectivity index is 1.48. The maximum absolute atomic E-state index is 5.74. The molecule has 2 unspecified atom stereocenters. The predicted octanol–water partition coefficient (Wildman–Crippen LogP) is 2.35. The summed E-state index contributed by atoms with van der Waals surface area (Å²) in [6.45, 7) is 5.99. The molecule has 17 heavy (non-hydrogen) atoms. The zero-order chi connectivity index (χ0) is 11.9. The average molecular weight is 241 g/mol.